The van der Waals surface area contributed by atoms with Crippen LogP contribution in [0.3, 0.4) is 0 Å². The monoisotopic (exact) mass is 526 g/mol. The van der Waals surface area contributed by atoms with Gasteiger partial charge in [-0.15, -0.1) is 0 Å². The van der Waals surface area contributed by atoms with Gasteiger partial charge in [-0.2, -0.15) is 9.97 Å². The van der Waals surface area contributed by atoms with E-state index in [0.717, 1.165) is 0 Å². The zero-order valence-electron chi connectivity index (χ0n) is 20.6. The van der Waals surface area contributed by atoms with E-state index >= 15 is 0 Å². The number of morpholine rings is 1. The highest BCUT2D eigenvalue weighted by Gasteiger charge is 2.35. The van der Waals surface area contributed by atoms with E-state index < -0.39 is 12.5 Å². The van der Waals surface area contributed by atoms with Crippen LogP contribution in [0.25, 0.3) is 16.9 Å². The van der Waals surface area contributed by atoms with Crippen molar-refractivity contribution >= 4 is 34.6 Å². The summed E-state index contributed by atoms with van der Waals surface area (Å²) in [5.74, 6) is 0.599. The van der Waals surface area contributed by atoms with E-state index in [1.807, 2.05) is 4.90 Å². The molecule has 0 aliphatic carbocycles. The fraction of sp³-hybridized carbons (Fsp3) is 0.480. The van der Waals surface area contributed by atoms with Gasteiger partial charge in [0.15, 0.2) is 5.82 Å². The Morgan fingerprint density at radius 2 is 1.92 bits per heavy atom. The van der Waals surface area contributed by atoms with Crippen molar-refractivity contribution in [2.75, 3.05) is 49.6 Å². The van der Waals surface area contributed by atoms with Crippen molar-refractivity contribution in [2.45, 2.75) is 37.8 Å². The Hall–Kier alpha value is -3.87. The number of amides is 2. The molecule has 5 heterocycles. The normalized spacial score (nSPS) is 21.9. The summed E-state index contributed by atoms with van der Waals surface area (Å²) >= 11 is 0. The second-order valence-electron chi connectivity index (χ2n) is 9.68. The summed E-state index contributed by atoms with van der Waals surface area (Å²) < 4.78 is 35.0. The smallest absolute Gasteiger partial charge is 0.296 e. The molecule has 2 amide bonds. The van der Waals surface area contributed by atoms with Gasteiger partial charge in [-0.25, -0.2) is 13.8 Å². The van der Waals surface area contributed by atoms with Crippen LogP contribution >= 0.6 is 0 Å². The van der Waals surface area contributed by atoms with Gasteiger partial charge in [-0.3, -0.25) is 14.2 Å². The number of likely N-dealkylation sites (tertiary alicyclic amines) is 1. The minimum absolute atomic E-state index is 0.0796. The van der Waals surface area contributed by atoms with E-state index in [1.165, 1.54) is 4.57 Å². The molecule has 38 heavy (non-hydrogen) atoms. The molecule has 3 aliphatic rings. The van der Waals surface area contributed by atoms with E-state index in [9.17, 15) is 18.4 Å². The summed E-state index contributed by atoms with van der Waals surface area (Å²) in [4.78, 5) is 41.6. The number of nitrogens with zero attached hydrogens (tertiary/aromatic N) is 6. The standard InChI is InChI=1S/C25H28F2N8O3/c26-22(27)23-30-16-3-1-2-4-18(16)35(23)20-13-19(31-25(32-20)33-9-11-38-12-10-33)28-15-7-8-34(14-15)24(37)17-5-6-21(36)29-17/h1-4,13,15,17,22H,5-12,14H2,(H,29,36)(H,28,31,32)/t15-,17+/m0/s1. The van der Waals surface area contributed by atoms with Crippen LogP contribution in [0.4, 0.5) is 20.5 Å². The molecule has 200 valence electrons. The minimum atomic E-state index is -2.80. The van der Waals surface area contributed by atoms with Crippen molar-refractivity contribution in [2.24, 2.45) is 0 Å². The second-order valence-corrected chi connectivity index (χ2v) is 9.68. The zero-order chi connectivity index (χ0) is 26.2. The molecule has 6 rings (SSSR count). The maximum Gasteiger partial charge on any atom is 0.296 e. The lowest BCUT2D eigenvalue weighted by atomic mass is 10.2. The van der Waals surface area contributed by atoms with Crippen LogP contribution in [0, 0.1) is 0 Å². The number of fused-ring (bicyclic) bond motifs is 1. The van der Waals surface area contributed by atoms with E-state index in [-0.39, 0.29) is 29.5 Å². The lowest BCUT2D eigenvalue weighted by Gasteiger charge is -2.28. The molecule has 2 atom stereocenters. The number of hydrogen-bond acceptors (Lipinski definition) is 8. The quantitative estimate of drug-likeness (QED) is 0.500. The highest BCUT2D eigenvalue weighted by Crippen LogP contribution is 2.29. The molecule has 0 radical (unpaired) electrons. The number of rotatable bonds is 6. The predicted octanol–water partition coefficient (Wildman–Crippen LogP) is 1.88. The molecular formula is C25H28F2N8O3. The SMILES string of the molecule is O=C1CC[C@H](C(=O)N2CC[C@H](Nc3cc(-n4c(C(F)F)nc5ccccc54)nc(N4CCOCC4)n3)C2)N1. The number of ether oxygens (including phenoxy) is 1. The van der Waals surface area contributed by atoms with Crippen LogP contribution in [0.2, 0.25) is 0 Å². The molecule has 2 aromatic heterocycles. The minimum Gasteiger partial charge on any atom is -0.378 e. The van der Waals surface area contributed by atoms with Crippen molar-refractivity contribution in [1.82, 2.24) is 29.7 Å². The Morgan fingerprint density at radius 1 is 1.11 bits per heavy atom. The van der Waals surface area contributed by atoms with Gasteiger partial charge in [0, 0.05) is 44.7 Å². The molecule has 1 aromatic carbocycles. The number of hydrogen-bond donors (Lipinski definition) is 2. The summed E-state index contributed by atoms with van der Waals surface area (Å²) in [5, 5.41) is 6.13. The number of anilines is 2. The average molecular weight is 527 g/mol. The molecule has 3 fully saturated rings. The third-order valence-corrected chi connectivity index (χ3v) is 7.15. The molecule has 3 aliphatic heterocycles. The summed E-state index contributed by atoms with van der Waals surface area (Å²) in [7, 11) is 0. The number of alkyl halides is 2. The van der Waals surface area contributed by atoms with Crippen molar-refractivity contribution in [3.05, 3.63) is 36.2 Å². The van der Waals surface area contributed by atoms with E-state index in [1.54, 1.807) is 35.2 Å². The number of para-hydroxylation sites is 2. The molecule has 13 heteroatoms. The molecule has 3 saturated heterocycles. The van der Waals surface area contributed by atoms with Gasteiger partial charge in [-0.05, 0) is 25.0 Å². The van der Waals surface area contributed by atoms with Crippen LogP contribution in [-0.4, -0.2) is 87.7 Å². The number of halogens is 2. The molecule has 0 unspecified atom stereocenters. The van der Waals surface area contributed by atoms with E-state index in [2.05, 4.69) is 20.6 Å². The van der Waals surface area contributed by atoms with E-state index in [0.29, 0.717) is 81.5 Å². The molecule has 0 bridgehead atoms. The first kappa shape index (κ1) is 24.5. The van der Waals surface area contributed by atoms with Gasteiger partial charge in [-0.1, -0.05) is 12.1 Å². The van der Waals surface area contributed by atoms with Crippen molar-refractivity contribution in [1.29, 1.82) is 0 Å². The summed E-state index contributed by atoms with van der Waals surface area (Å²) in [6.07, 6.45) is -1.24. The molecule has 3 aromatic rings. The highest BCUT2D eigenvalue weighted by molar-refractivity contribution is 5.91. The Kier molecular flexibility index (Phi) is 6.52. The van der Waals surface area contributed by atoms with Crippen LogP contribution in [0.5, 0.6) is 0 Å². The van der Waals surface area contributed by atoms with Crippen molar-refractivity contribution in [3.8, 4) is 5.82 Å². The first-order chi connectivity index (χ1) is 18.5. The molecule has 11 nitrogen and oxygen atoms in total. The lowest BCUT2D eigenvalue weighted by molar-refractivity contribution is -0.133. The molecule has 0 spiro atoms. The van der Waals surface area contributed by atoms with Crippen LogP contribution < -0.4 is 15.5 Å². The topological polar surface area (TPSA) is 118 Å². The Morgan fingerprint density at radius 3 is 2.68 bits per heavy atom. The predicted molar refractivity (Wildman–Crippen MR) is 134 cm³/mol. The van der Waals surface area contributed by atoms with Gasteiger partial charge >= 0.3 is 0 Å². The Bertz CT molecular complexity index is 1360. The highest BCUT2D eigenvalue weighted by atomic mass is 19.3. The summed E-state index contributed by atoms with van der Waals surface area (Å²) in [6.45, 7) is 3.20. The zero-order valence-corrected chi connectivity index (χ0v) is 20.6. The Balaban J connectivity index is 1.31. The van der Waals surface area contributed by atoms with Gasteiger partial charge in [0.1, 0.15) is 17.7 Å². The number of nitrogens with one attached hydrogen (secondary N) is 2. The van der Waals surface area contributed by atoms with E-state index in [4.69, 9.17) is 9.72 Å². The fourth-order valence-electron chi connectivity index (χ4n) is 5.25. The molecule has 0 saturated carbocycles. The average Bonchev–Trinajstić information content (AvgIpc) is 3.67. The van der Waals surface area contributed by atoms with Gasteiger partial charge in [0.2, 0.25) is 17.8 Å². The number of carbonyl (C=O) groups is 2. The number of carbonyl (C=O) groups excluding carboxylic acids is 2. The number of aromatic nitrogens is 4. The fourth-order valence-corrected chi connectivity index (χ4v) is 5.25. The maximum absolute atomic E-state index is 14.1. The first-order valence-corrected chi connectivity index (χ1v) is 12.8. The van der Waals surface area contributed by atoms with Crippen molar-refractivity contribution in [3.63, 3.8) is 0 Å². The first-order valence-electron chi connectivity index (χ1n) is 12.8. The maximum atomic E-state index is 14.1. The van der Waals surface area contributed by atoms with Gasteiger partial charge < -0.3 is 25.2 Å². The van der Waals surface area contributed by atoms with Crippen LogP contribution in [-0.2, 0) is 14.3 Å². The van der Waals surface area contributed by atoms with Gasteiger partial charge in [0.05, 0.1) is 24.2 Å². The van der Waals surface area contributed by atoms with Crippen LogP contribution in [0.1, 0.15) is 31.5 Å². The van der Waals surface area contributed by atoms with Gasteiger partial charge in [0.25, 0.3) is 6.43 Å². The number of imidazole rings is 1. The lowest BCUT2D eigenvalue weighted by Crippen LogP contribution is -2.44. The Labute approximate surface area is 217 Å². The third kappa shape index (κ3) is 4.73. The number of benzene rings is 1. The molecular weight excluding hydrogens is 498 g/mol. The summed E-state index contributed by atoms with van der Waals surface area (Å²) in [6, 6.07) is 8.04. The van der Waals surface area contributed by atoms with Crippen molar-refractivity contribution < 1.29 is 23.1 Å². The molecule has 2 N–H and O–H groups in total. The summed E-state index contributed by atoms with van der Waals surface area (Å²) in [5.41, 5.74) is 0.976. The van der Waals surface area contributed by atoms with Crippen LogP contribution in [0.15, 0.2) is 30.3 Å². The largest absolute Gasteiger partial charge is 0.378 e. The second kappa shape index (κ2) is 10.1. The third-order valence-electron chi connectivity index (χ3n) is 7.15.